The number of hydrogen-bond donors (Lipinski definition) is 1. The fourth-order valence-electron chi connectivity index (χ4n) is 6.08. The van der Waals surface area contributed by atoms with Crippen molar-refractivity contribution in [3.8, 4) is 0 Å². The monoisotopic (exact) mass is 766 g/mol. The van der Waals surface area contributed by atoms with Gasteiger partial charge in [-0.2, -0.15) is 26.3 Å². The van der Waals surface area contributed by atoms with Crippen LogP contribution in [0.15, 0.2) is 46.7 Å². The molecule has 0 spiro atoms. The molecule has 0 radical (unpaired) electrons. The van der Waals surface area contributed by atoms with E-state index in [1.54, 1.807) is 38.1 Å². The summed E-state index contributed by atoms with van der Waals surface area (Å²) in [5, 5.41) is 14.9. The molecule has 0 unspecified atom stereocenters. The average Bonchev–Trinajstić information content (AvgIpc) is 3.09. The number of nitrogens with zero attached hydrogens (tertiary/aromatic N) is 2. The number of hydrogen-bond acceptors (Lipinski definition) is 6. The summed E-state index contributed by atoms with van der Waals surface area (Å²) >= 11 is 3.21. The first-order valence-electron chi connectivity index (χ1n) is 16.8. The van der Waals surface area contributed by atoms with Gasteiger partial charge in [-0.3, -0.25) is 0 Å². The van der Waals surface area contributed by atoms with Crippen molar-refractivity contribution in [2.24, 2.45) is 10.3 Å². The molecule has 6 nitrogen and oxygen atoms in total. The Morgan fingerprint density at radius 1 is 0.714 bits per heavy atom. The van der Waals surface area contributed by atoms with Crippen molar-refractivity contribution in [2.45, 2.75) is 128 Å². The van der Waals surface area contributed by atoms with E-state index in [2.05, 4.69) is 26.2 Å². The predicted octanol–water partition coefficient (Wildman–Crippen LogP) is 12.1. The zero-order valence-corrected chi connectivity index (χ0v) is 30.3. The van der Waals surface area contributed by atoms with Crippen molar-refractivity contribution in [2.75, 3.05) is 13.2 Å². The average molecular weight is 768 g/mol. The van der Waals surface area contributed by atoms with Crippen LogP contribution >= 0.6 is 15.9 Å². The molecule has 0 atom stereocenters. The topological polar surface area (TPSA) is 72.6 Å². The molecule has 2 saturated carbocycles. The van der Waals surface area contributed by atoms with Crippen LogP contribution in [-0.2, 0) is 38.6 Å². The van der Waals surface area contributed by atoms with E-state index >= 15 is 0 Å². The molecule has 2 aromatic carbocycles. The predicted molar refractivity (Wildman–Crippen MR) is 183 cm³/mol. The molecule has 0 saturated heterocycles. The Hall–Kier alpha value is -2.96. The molecule has 2 fully saturated rings. The Labute approximate surface area is 294 Å². The lowest BCUT2D eigenvalue weighted by Crippen LogP contribution is -2.15. The highest BCUT2D eigenvalue weighted by Crippen LogP contribution is 2.42. The molecule has 2 aliphatic carbocycles. The Balaban J connectivity index is 0.000000293. The molecule has 1 N–H and O–H groups in total. The molecular formula is C36H49BrF6N2O4. The van der Waals surface area contributed by atoms with Gasteiger partial charge in [0.1, 0.15) is 6.61 Å². The van der Waals surface area contributed by atoms with Crippen molar-refractivity contribution in [3.05, 3.63) is 69.8 Å². The van der Waals surface area contributed by atoms with Crippen LogP contribution in [0.4, 0.5) is 26.3 Å². The number of ether oxygens (including phenoxy) is 2. The quantitative estimate of drug-likeness (QED) is 0.0725. The van der Waals surface area contributed by atoms with Gasteiger partial charge in [0.2, 0.25) is 11.8 Å². The van der Waals surface area contributed by atoms with Gasteiger partial charge in [-0.05, 0) is 85.8 Å². The van der Waals surface area contributed by atoms with E-state index < -0.39 is 23.5 Å². The Bertz CT molecular complexity index is 1320. The molecule has 276 valence electrons. The van der Waals surface area contributed by atoms with Crippen LogP contribution < -0.4 is 0 Å². The summed E-state index contributed by atoms with van der Waals surface area (Å²) < 4.78 is 89.4. The van der Waals surface area contributed by atoms with Gasteiger partial charge in [0, 0.05) is 19.2 Å². The normalized spacial score (nSPS) is 16.6. The fourth-order valence-corrected chi connectivity index (χ4v) is 6.43. The zero-order chi connectivity index (χ0) is 36.5. The van der Waals surface area contributed by atoms with Gasteiger partial charge >= 0.3 is 12.4 Å². The zero-order valence-electron chi connectivity index (χ0n) is 28.7. The Kier molecular flexibility index (Phi) is 18.3. The van der Waals surface area contributed by atoms with Gasteiger partial charge in [0.15, 0.2) is 0 Å². The Morgan fingerprint density at radius 2 is 1.14 bits per heavy atom. The van der Waals surface area contributed by atoms with E-state index in [1.807, 2.05) is 13.8 Å². The molecule has 2 aliphatic rings. The summed E-state index contributed by atoms with van der Waals surface area (Å²) in [6.45, 7) is 7.87. The molecule has 4 rings (SSSR count). The number of halogens is 7. The van der Waals surface area contributed by atoms with Gasteiger partial charge in [-0.15, -0.1) is 0 Å². The third kappa shape index (κ3) is 14.8. The highest BCUT2D eigenvalue weighted by atomic mass is 79.9. The fraction of sp³-hybridized carbons (Fsp3) is 0.611. The van der Waals surface area contributed by atoms with Crippen LogP contribution in [0.3, 0.4) is 0 Å². The highest BCUT2D eigenvalue weighted by Gasteiger charge is 2.37. The second-order valence-electron chi connectivity index (χ2n) is 12.0. The third-order valence-electron chi connectivity index (χ3n) is 8.36. The first-order valence-corrected chi connectivity index (χ1v) is 17.9. The van der Waals surface area contributed by atoms with Crippen molar-refractivity contribution in [1.82, 2.24) is 0 Å². The molecule has 0 aromatic heterocycles. The minimum atomic E-state index is -4.35. The van der Waals surface area contributed by atoms with Crippen molar-refractivity contribution in [3.63, 3.8) is 0 Å². The lowest BCUT2D eigenvalue weighted by molar-refractivity contribution is -0.139. The molecule has 2 aromatic rings. The number of rotatable bonds is 8. The van der Waals surface area contributed by atoms with Crippen LogP contribution in [-0.4, -0.2) is 30.2 Å². The Morgan fingerprint density at radius 3 is 1.53 bits per heavy atom. The van der Waals surface area contributed by atoms with E-state index in [0.717, 1.165) is 64.2 Å². The smallest absolute Gasteiger partial charge is 0.416 e. The van der Waals surface area contributed by atoms with E-state index in [9.17, 15) is 26.3 Å². The SMILES string of the molecule is CCO/C(C)=N\O.CCO/C(C)=N\OCc1ccc(C2CCCCC2)c(C(F)(F)F)c1.FC(F)(F)c1cc(CBr)ccc1C1CCCCC1. The lowest BCUT2D eigenvalue weighted by Gasteiger charge is -2.25. The second kappa shape index (κ2) is 21.3. The number of benzene rings is 2. The molecule has 0 aliphatic heterocycles. The van der Waals surface area contributed by atoms with Gasteiger partial charge in [-0.25, -0.2) is 0 Å². The summed E-state index contributed by atoms with van der Waals surface area (Å²) in [6, 6.07) is 9.26. The van der Waals surface area contributed by atoms with E-state index in [-0.39, 0.29) is 18.4 Å². The summed E-state index contributed by atoms with van der Waals surface area (Å²) in [6.07, 6.45) is 1.18. The van der Waals surface area contributed by atoms with Crippen LogP contribution in [0, 0.1) is 0 Å². The molecule has 0 heterocycles. The van der Waals surface area contributed by atoms with Gasteiger partial charge in [0.05, 0.1) is 24.3 Å². The summed E-state index contributed by atoms with van der Waals surface area (Å²) in [5.41, 5.74) is 1.07. The van der Waals surface area contributed by atoms with Crippen molar-refractivity contribution in [1.29, 1.82) is 0 Å². The molecule has 0 bridgehead atoms. The molecule has 13 heteroatoms. The van der Waals surface area contributed by atoms with Crippen LogP contribution in [0.5, 0.6) is 0 Å². The van der Waals surface area contributed by atoms with Gasteiger partial charge in [0.25, 0.3) is 0 Å². The summed E-state index contributed by atoms with van der Waals surface area (Å²) in [5.74, 6) is 0.748. The first-order chi connectivity index (χ1) is 23.2. The lowest BCUT2D eigenvalue weighted by atomic mass is 9.81. The van der Waals surface area contributed by atoms with Crippen molar-refractivity contribution >= 4 is 27.7 Å². The summed E-state index contributed by atoms with van der Waals surface area (Å²) in [7, 11) is 0. The van der Waals surface area contributed by atoms with E-state index in [4.69, 9.17) is 19.5 Å². The van der Waals surface area contributed by atoms with E-state index in [1.165, 1.54) is 12.1 Å². The van der Waals surface area contributed by atoms with Gasteiger partial charge in [-0.1, -0.05) is 89.0 Å². The van der Waals surface area contributed by atoms with Crippen LogP contribution in [0.1, 0.15) is 137 Å². The van der Waals surface area contributed by atoms with Crippen molar-refractivity contribution < 1.29 is 45.9 Å². The minimum Gasteiger partial charge on any atom is -0.479 e. The second-order valence-corrected chi connectivity index (χ2v) is 12.6. The highest BCUT2D eigenvalue weighted by molar-refractivity contribution is 9.08. The maximum Gasteiger partial charge on any atom is 0.416 e. The van der Waals surface area contributed by atoms with Crippen LogP contribution in [0.25, 0.3) is 0 Å². The van der Waals surface area contributed by atoms with Gasteiger partial charge < -0.3 is 19.5 Å². The number of alkyl halides is 7. The first kappa shape index (κ1) is 42.2. The molecule has 0 amide bonds. The maximum atomic E-state index is 13.4. The van der Waals surface area contributed by atoms with Crippen LogP contribution in [0.2, 0.25) is 0 Å². The molecular weight excluding hydrogens is 718 g/mol. The maximum absolute atomic E-state index is 13.4. The summed E-state index contributed by atoms with van der Waals surface area (Å²) in [4.78, 5) is 5.08. The number of oxime groups is 2. The largest absolute Gasteiger partial charge is 0.479 e. The molecule has 49 heavy (non-hydrogen) atoms. The third-order valence-corrected chi connectivity index (χ3v) is 9.01. The van der Waals surface area contributed by atoms with E-state index in [0.29, 0.717) is 52.6 Å². The minimum absolute atomic E-state index is 0.00330. The standard InChI is InChI=1S/C18H24F3NO2.C14H16BrF3.C4H9NO2/c1-3-23-13(2)22-24-12-14-9-10-16(15-7-5-4-6-8-15)17(11-14)18(19,20)21;15-9-10-6-7-12(11-4-2-1-3-5-11)13(8-10)14(16,17)18;1-3-7-4(2)5-6/h9-11,15H,3-8,12H2,1-2H3;6-8,11H,1-5,9H2;6H,3H2,1-2H3/b22-13-;;5-4-.